The molecule has 2 aliphatic heterocycles. The number of aliphatic hydroxyl groups excluding tert-OH is 1. The normalized spacial score (nSPS) is 19.1. The number of amides is 1. The third-order valence-corrected chi connectivity index (χ3v) is 5.63. The van der Waals surface area contributed by atoms with Gasteiger partial charge in [0.2, 0.25) is 0 Å². The van der Waals surface area contributed by atoms with E-state index in [1.807, 2.05) is 0 Å². The van der Waals surface area contributed by atoms with Crippen LogP contribution in [0.1, 0.15) is 22.7 Å². The second kappa shape index (κ2) is 8.38. The molecule has 0 bridgehead atoms. The number of likely N-dealkylation sites (tertiary alicyclic amines) is 1. The predicted molar refractivity (Wildman–Crippen MR) is 116 cm³/mol. The third kappa shape index (κ3) is 3.69. The molecular formula is C25H19FN2O5. The second-order valence-electron chi connectivity index (χ2n) is 7.67. The molecule has 8 heteroatoms. The molecule has 33 heavy (non-hydrogen) atoms. The molecule has 7 nitrogen and oxygen atoms in total. The Kier molecular flexibility index (Phi) is 5.26. The first-order valence-corrected chi connectivity index (χ1v) is 10.4. The van der Waals surface area contributed by atoms with Gasteiger partial charge in [0, 0.05) is 30.1 Å². The van der Waals surface area contributed by atoms with Gasteiger partial charge in [-0.3, -0.25) is 14.6 Å². The number of aromatic nitrogens is 1. The summed E-state index contributed by atoms with van der Waals surface area (Å²) < 4.78 is 25.9. The van der Waals surface area contributed by atoms with Gasteiger partial charge in [-0.2, -0.15) is 0 Å². The van der Waals surface area contributed by atoms with Crippen LogP contribution in [0, 0.1) is 5.82 Å². The number of Topliss-reactive ketones (excluding diaryl/α,β-unsaturated/α-hetero) is 1. The second-order valence-corrected chi connectivity index (χ2v) is 7.67. The molecule has 1 unspecified atom stereocenters. The van der Waals surface area contributed by atoms with Crippen LogP contribution in [0.2, 0.25) is 0 Å². The number of benzene rings is 2. The number of carbonyl (C=O) groups excluding carboxylic acids is 2. The van der Waals surface area contributed by atoms with Crippen molar-refractivity contribution < 1.29 is 28.6 Å². The average Bonchev–Trinajstić information content (AvgIpc) is 3.09. The lowest BCUT2D eigenvalue weighted by atomic mass is 9.94. The van der Waals surface area contributed by atoms with Gasteiger partial charge in [0.05, 0.1) is 11.6 Å². The Morgan fingerprint density at radius 1 is 1.06 bits per heavy atom. The van der Waals surface area contributed by atoms with Crippen LogP contribution >= 0.6 is 0 Å². The Balaban J connectivity index is 1.65. The smallest absolute Gasteiger partial charge is 0.295 e. The molecule has 1 atom stereocenters. The Morgan fingerprint density at radius 2 is 1.85 bits per heavy atom. The molecule has 1 amide bonds. The Hall–Kier alpha value is -4.20. The van der Waals surface area contributed by atoms with E-state index in [0.29, 0.717) is 30.3 Å². The SMILES string of the molecule is O=C1C(=O)N(Cc2cccnc2)C(c2ccccc2F)C1=C(O)c1ccc2c(c1)OCCO2. The van der Waals surface area contributed by atoms with Gasteiger partial charge >= 0.3 is 0 Å². The van der Waals surface area contributed by atoms with Crippen LogP contribution in [0.3, 0.4) is 0 Å². The molecule has 0 spiro atoms. The van der Waals surface area contributed by atoms with Gasteiger partial charge in [-0.05, 0) is 35.9 Å². The molecule has 2 aromatic carbocycles. The van der Waals surface area contributed by atoms with E-state index in [2.05, 4.69) is 4.98 Å². The number of pyridine rings is 1. The molecule has 1 N–H and O–H groups in total. The molecule has 1 fully saturated rings. The summed E-state index contributed by atoms with van der Waals surface area (Å²) in [6.07, 6.45) is 3.16. The van der Waals surface area contributed by atoms with Crippen LogP contribution in [-0.4, -0.2) is 39.9 Å². The number of aliphatic hydroxyl groups is 1. The summed E-state index contributed by atoms with van der Waals surface area (Å²) in [5, 5.41) is 11.2. The maximum atomic E-state index is 14.9. The van der Waals surface area contributed by atoms with Crippen LogP contribution in [-0.2, 0) is 16.1 Å². The maximum absolute atomic E-state index is 14.9. The summed E-state index contributed by atoms with van der Waals surface area (Å²) in [5.74, 6) is -1.79. The number of ether oxygens (including phenoxy) is 2. The van der Waals surface area contributed by atoms with Crippen molar-refractivity contribution >= 4 is 17.4 Å². The van der Waals surface area contributed by atoms with Gasteiger partial charge in [0.15, 0.2) is 11.5 Å². The van der Waals surface area contributed by atoms with Gasteiger partial charge in [-0.15, -0.1) is 0 Å². The summed E-state index contributed by atoms with van der Waals surface area (Å²) in [6, 6.07) is 13.0. The highest BCUT2D eigenvalue weighted by Crippen LogP contribution is 2.42. The lowest BCUT2D eigenvalue weighted by Gasteiger charge is -2.25. The number of halogens is 1. The Labute approximate surface area is 188 Å². The average molecular weight is 446 g/mol. The number of hydrogen-bond donors (Lipinski definition) is 1. The topological polar surface area (TPSA) is 89.0 Å². The number of carbonyl (C=O) groups is 2. The fraction of sp³-hybridized carbons (Fsp3) is 0.160. The van der Waals surface area contributed by atoms with E-state index >= 15 is 0 Å². The van der Waals surface area contributed by atoms with E-state index in [1.54, 1.807) is 42.7 Å². The van der Waals surface area contributed by atoms with E-state index in [4.69, 9.17) is 9.47 Å². The highest BCUT2D eigenvalue weighted by molar-refractivity contribution is 6.46. The van der Waals surface area contributed by atoms with Crippen LogP contribution in [0.4, 0.5) is 4.39 Å². The molecule has 1 saturated heterocycles. The van der Waals surface area contributed by atoms with Crippen LogP contribution in [0.5, 0.6) is 11.5 Å². The Bertz CT molecular complexity index is 1270. The summed E-state index contributed by atoms with van der Waals surface area (Å²) in [7, 11) is 0. The van der Waals surface area contributed by atoms with E-state index in [0.717, 1.165) is 0 Å². The molecule has 0 saturated carbocycles. The number of nitrogens with zero attached hydrogens (tertiary/aromatic N) is 2. The van der Waals surface area contributed by atoms with Gasteiger partial charge in [0.25, 0.3) is 11.7 Å². The predicted octanol–water partition coefficient (Wildman–Crippen LogP) is 3.61. The van der Waals surface area contributed by atoms with Crippen molar-refractivity contribution in [2.45, 2.75) is 12.6 Å². The maximum Gasteiger partial charge on any atom is 0.295 e. The van der Waals surface area contributed by atoms with Crippen LogP contribution in [0.25, 0.3) is 5.76 Å². The molecule has 3 aromatic rings. The van der Waals surface area contributed by atoms with E-state index in [-0.39, 0.29) is 23.2 Å². The third-order valence-electron chi connectivity index (χ3n) is 5.63. The zero-order chi connectivity index (χ0) is 22.9. The van der Waals surface area contributed by atoms with Crippen molar-refractivity contribution in [3.63, 3.8) is 0 Å². The van der Waals surface area contributed by atoms with Crippen molar-refractivity contribution in [1.82, 2.24) is 9.88 Å². The van der Waals surface area contributed by atoms with E-state index in [1.165, 1.54) is 29.2 Å². The molecule has 3 heterocycles. The van der Waals surface area contributed by atoms with Crippen molar-refractivity contribution in [1.29, 1.82) is 0 Å². The largest absolute Gasteiger partial charge is 0.507 e. The minimum absolute atomic E-state index is 0.0231. The monoisotopic (exact) mass is 446 g/mol. The van der Waals surface area contributed by atoms with Crippen molar-refractivity contribution in [2.75, 3.05) is 13.2 Å². The van der Waals surface area contributed by atoms with Crippen molar-refractivity contribution in [3.8, 4) is 11.5 Å². The van der Waals surface area contributed by atoms with Crippen molar-refractivity contribution in [3.05, 3.63) is 95.1 Å². The minimum Gasteiger partial charge on any atom is -0.507 e. The highest BCUT2D eigenvalue weighted by Gasteiger charge is 2.47. The first-order valence-electron chi connectivity index (χ1n) is 10.4. The zero-order valence-electron chi connectivity index (χ0n) is 17.4. The van der Waals surface area contributed by atoms with E-state index < -0.39 is 29.3 Å². The Morgan fingerprint density at radius 3 is 2.61 bits per heavy atom. The van der Waals surface area contributed by atoms with Gasteiger partial charge in [-0.1, -0.05) is 24.3 Å². The fourth-order valence-corrected chi connectivity index (χ4v) is 4.10. The highest BCUT2D eigenvalue weighted by atomic mass is 19.1. The number of rotatable bonds is 4. The van der Waals surface area contributed by atoms with Crippen LogP contribution in [0.15, 0.2) is 72.6 Å². The summed E-state index contributed by atoms with van der Waals surface area (Å²) in [5.41, 5.74) is 0.852. The standard InChI is InChI=1S/C25H19FN2O5/c26-18-6-2-1-5-17(18)22-21(23(29)16-7-8-19-20(12-16)33-11-10-32-19)24(30)25(31)28(22)14-15-4-3-9-27-13-15/h1-9,12-13,22,29H,10-11,14H2. The summed E-state index contributed by atoms with van der Waals surface area (Å²) >= 11 is 0. The van der Waals surface area contributed by atoms with Gasteiger partial charge < -0.3 is 19.5 Å². The number of hydrogen-bond acceptors (Lipinski definition) is 6. The summed E-state index contributed by atoms with van der Waals surface area (Å²) in [6.45, 7) is 0.780. The number of ketones is 1. The molecule has 2 aliphatic rings. The van der Waals surface area contributed by atoms with E-state index in [9.17, 15) is 19.1 Å². The molecular weight excluding hydrogens is 427 g/mol. The molecule has 1 aromatic heterocycles. The van der Waals surface area contributed by atoms with Crippen LogP contribution < -0.4 is 9.47 Å². The fourth-order valence-electron chi connectivity index (χ4n) is 4.10. The molecule has 166 valence electrons. The minimum atomic E-state index is -1.11. The van der Waals surface area contributed by atoms with Crippen molar-refractivity contribution in [2.24, 2.45) is 0 Å². The molecule has 0 radical (unpaired) electrons. The van der Waals surface area contributed by atoms with Gasteiger partial charge in [0.1, 0.15) is 24.8 Å². The first-order chi connectivity index (χ1) is 16.0. The quantitative estimate of drug-likeness (QED) is 0.374. The lowest BCUT2D eigenvalue weighted by molar-refractivity contribution is -0.140. The van der Waals surface area contributed by atoms with Gasteiger partial charge in [-0.25, -0.2) is 4.39 Å². The molecule has 0 aliphatic carbocycles. The number of fused-ring (bicyclic) bond motifs is 1. The molecule has 5 rings (SSSR count). The lowest BCUT2D eigenvalue weighted by Crippen LogP contribution is -2.29. The first kappa shape index (κ1) is 20.7. The summed E-state index contributed by atoms with van der Waals surface area (Å²) in [4.78, 5) is 31.4. The zero-order valence-corrected chi connectivity index (χ0v) is 17.4.